The molecular formula is C14H18Cl2O3. The van der Waals surface area contributed by atoms with Gasteiger partial charge in [-0.2, -0.15) is 0 Å². The number of halogens is 2. The van der Waals surface area contributed by atoms with E-state index in [9.17, 15) is 5.11 Å². The van der Waals surface area contributed by atoms with E-state index in [2.05, 4.69) is 0 Å². The van der Waals surface area contributed by atoms with Crippen LogP contribution in [0.2, 0.25) is 10.0 Å². The van der Waals surface area contributed by atoms with E-state index in [1.54, 1.807) is 12.1 Å². The van der Waals surface area contributed by atoms with Gasteiger partial charge in [0.05, 0.1) is 35.5 Å². The zero-order valence-corrected chi connectivity index (χ0v) is 12.5. The Morgan fingerprint density at radius 3 is 2.74 bits per heavy atom. The molecule has 0 amide bonds. The minimum atomic E-state index is -0.661. The van der Waals surface area contributed by atoms with Crippen molar-refractivity contribution in [2.45, 2.75) is 32.5 Å². The van der Waals surface area contributed by atoms with Gasteiger partial charge in [0, 0.05) is 17.5 Å². The van der Waals surface area contributed by atoms with Crippen LogP contribution in [0.4, 0.5) is 0 Å². The maximum Gasteiger partial charge on any atom is 0.139 e. The van der Waals surface area contributed by atoms with Crippen LogP contribution in [0.1, 0.15) is 31.9 Å². The van der Waals surface area contributed by atoms with Gasteiger partial charge in [0.15, 0.2) is 0 Å². The van der Waals surface area contributed by atoms with Gasteiger partial charge < -0.3 is 14.6 Å². The average Bonchev–Trinajstić information content (AvgIpc) is 2.79. The Hall–Kier alpha value is -0.480. The highest BCUT2D eigenvalue weighted by Crippen LogP contribution is 2.39. The zero-order chi connectivity index (χ0) is 14.0. The highest BCUT2D eigenvalue weighted by Gasteiger charge is 2.30. The monoisotopic (exact) mass is 304 g/mol. The van der Waals surface area contributed by atoms with Crippen molar-refractivity contribution in [1.29, 1.82) is 0 Å². The van der Waals surface area contributed by atoms with Crippen molar-refractivity contribution >= 4 is 23.2 Å². The molecule has 0 aromatic heterocycles. The maximum atomic E-state index is 10.4. The predicted molar refractivity (Wildman–Crippen MR) is 76.1 cm³/mol. The van der Waals surface area contributed by atoms with Crippen LogP contribution in [0.5, 0.6) is 5.75 Å². The Labute approximate surface area is 123 Å². The summed E-state index contributed by atoms with van der Waals surface area (Å²) in [6.45, 7) is 4.94. The van der Waals surface area contributed by atoms with Crippen LogP contribution in [0.15, 0.2) is 12.1 Å². The van der Waals surface area contributed by atoms with Crippen molar-refractivity contribution in [1.82, 2.24) is 0 Å². The molecule has 1 aliphatic rings. The lowest BCUT2D eigenvalue weighted by molar-refractivity contribution is 0.0804. The van der Waals surface area contributed by atoms with Crippen molar-refractivity contribution in [3.05, 3.63) is 27.7 Å². The number of benzene rings is 1. The van der Waals surface area contributed by atoms with E-state index >= 15 is 0 Å². The van der Waals surface area contributed by atoms with Crippen molar-refractivity contribution in [2.75, 3.05) is 13.2 Å². The molecule has 3 nitrogen and oxygen atoms in total. The van der Waals surface area contributed by atoms with Gasteiger partial charge in [-0.3, -0.25) is 0 Å². The summed E-state index contributed by atoms with van der Waals surface area (Å²) in [5, 5.41) is 11.3. The second kappa shape index (κ2) is 6.31. The van der Waals surface area contributed by atoms with E-state index in [0.717, 1.165) is 6.42 Å². The SMILES string of the molecule is CCOc1cc(Cl)c(C(O)C2COC(C)C2)cc1Cl. The summed E-state index contributed by atoms with van der Waals surface area (Å²) in [6, 6.07) is 3.34. The second-order valence-corrected chi connectivity index (χ2v) is 5.64. The fraction of sp³-hybridized carbons (Fsp3) is 0.571. The van der Waals surface area contributed by atoms with Gasteiger partial charge in [-0.15, -0.1) is 0 Å². The molecule has 3 unspecified atom stereocenters. The van der Waals surface area contributed by atoms with E-state index in [4.69, 9.17) is 32.7 Å². The van der Waals surface area contributed by atoms with Crippen LogP contribution in [-0.4, -0.2) is 24.4 Å². The predicted octanol–water partition coefficient (Wildman–Crippen LogP) is 3.85. The lowest BCUT2D eigenvalue weighted by Crippen LogP contribution is -2.13. The van der Waals surface area contributed by atoms with E-state index in [0.29, 0.717) is 34.6 Å². The van der Waals surface area contributed by atoms with Gasteiger partial charge in [0.25, 0.3) is 0 Å². The van der Waals surface area contributed by atoms with Crippen molar-refractivity contribution in [3.63, 3.8) is 0 Å². The molecule has 0 bridgehead atoms. The first-order valence-corrected chi connectivity index (χ1v) is 7.20. The third kappa shape index (κ3) is 3.34. The number of ether oxygens (including phenoxy) is 2. The molecule has 0 radical (unpaired) electrons. The number of hydrogen-bond acceptors (Lipinski definition) is 3. The summed E-state index contributed by atoms with van der Waals surface area (Å²) in [7, 11) is 0. The van der Waals surface area contributed by atoms with Crippen LogP contribution in [0, 0.1) is 5.92 Å². The molecule has 1 aromatic carbocycles. The van der Waals surface area contributed by atoms with Gasteiger partial charge in [-0.25, -0.2) is 0 Å². The molecule has 0 saturated carbocycles. The third-order valence-corrected chi connectivity index (χ3v) is 3.97. The zero-order valence-electron chi connectivity index (χ0n) is 11.0. The van der Waals surface area contributed by atoms with Crippen molar-refractivity contribution < 1.29 is 14.6 Å². The largest absolute Gasteiger partial charge is 0.492 e. The summed E-state index contributed by atoms with van der Waals surface area (Å²) in [5.74, 6) is 0.600. The number of rotatable bonds is 4. The number of aliphatic hydroxyl groups excluding tert-OH is 1. The molecule has 0 spiro atoms. The molecule has 1 fully saturated rings. The maximum absolute atomic E-state index is 10.4. The van der Waals surface area contributed by atoms with Gasteiger partial charge >= 0.3 is 0 Å². The highest BCUT2D eigenvalue weighted by atomic mass is 35.5. The van der Waals surface area contributed by atoms with Crippen LogP contribution >= 0.6 is 23.2 Å². The lowest BCUT2D eigenvalue weighted by atomic mass is 9.93. The van der Waals surface area contributed by atoms with E-state index < -0.39 is 6.10 Å². The molecule has 2 rings (SSSR count). The van der Waals surface area contributed by atoms with Crippen LogP contribution in [-0.2, 0) is 4.74 Å². The summed E-state index contributed by atoms with van der Waals surface area (Å²) in [5.41, 5.74) is 0.637. The Morgan fingerprint density at radius 2 is 2.16 bits per heavy atom. The molecule has 19 heavy (non-hydrogen) atoms. The number of hydrogen-bond donors (Lipinski definition) is 1. The first-order chi connectivity index (χ1) is 9.02. The first kappa shape index (κ1) is 14.9. The molecule has 1 aromatic rings. The standard InChI is InChI=1S/C14H18Cl2O3/c1-3-18-13-6-11(15)10(5-12(13)16)14(17)9-4-8(2)19-7-9/h5-6,8-9,14,17H,3-4,7H2,1-2H3. The minimum Gasteiger partial charge on any atom is -0.492 e. The molecule has 3 atom stereocenters. The van der Waals surface area contributed by atoms with Crippen LogP contribution in [0.25, 0.3) is 0 Å². The first-order valence-electron chi connectivity index (χ1n) is 6.44. The minimum absolute atomic E-state index is 0.0570. The molecule has 106 valence electrons. The Bertz CT molecular complexity index is 451. The van der Waals surface area contributed by atoms with E-state index in [1.165, 1.54) is 0 Å². The summed E-state index contributed by atoms with van der Waals surface area (Å²) < 4.78 is 10.9. The molecule has 0 aliphatic carbocycles. The van der Waals surface area contributed by atoms with Crippen molar-refractivity contribution in [2.24, 2.45) is 5.92 Å². The van der Waals surface area contributed by atoms with Gasteiger partial charge in [-0.1, -0.05) is 23.2 Å². The van der Waals surface area contributed by atoms with E-state index in [1.807, 2.05) is 13.8 Å². The molecule has 5 heteroatoms. The lowest BCUT2D eigenvalue weighted by Gasteiger charge is -2.19. The van der Waals surface area contributed by atoms with Crippen molar-refractivity contribution in [3.8, 4) is 5.75 Å². The fourth-order valence-corrected chi connectivity index (χ4v) is 2.85. The third-order valence-electron chi connectivity index (χ3n) is 3.35. The summed E-state index contributed by atoms with van der Waals surface area (Å²) >= 11 is 12.3. The Balaban J connectivity index is 2.22. The molecule has 1 aliphatic heterocycles. The summed E-state index contributed by atoms with van der Waals surface area (Å²) in [4.78, 5) is 0. The molecule has 1 N–H and O–H groups in total. The number of aliphatic hydroxyl groups is 1. The van der Waals surface area contributed by atoms with Gasteiger partial charge in [-0.05, 0) is 26.3 Å². The molecule has 1 heterocycles. The topological polar surface area (TPSA) is 38.7 Å². The fourth-order valence-electron chi connectivity index (χ4n) is 2.36. The van der Waals surface area contributed by atoms with Gasteiger partial charge in [0.1, 0.15) is 5.75 Å². The quantitative estimate of drug-likeness (QED) is 0.918. The van der Waals surface area contributed by atoms with Crippen LogP contribution < -0.4 is 4.74 Å². The smallest absolute Gasteiger partial charge is 0.139 e. The highest BCUT2D eigenvalue weighted by molar-refractivity contribution is 6.34. The molecular weight excluding hydrogens is 287 g/mol. The summed E-state index contributed by atoms with van der Waals surface area (Å²) in [6.07, 6.45) is 0.338. The van der Waals surface area contributed by atoms with E-state index in [-0.39, 0.29) is 12.0 Å². The normalized spacial score (nSPS) is 24.5. The second-order valence-electron chi connectivity index (χ2n) is 4.82. The Morgan fingerprint density at radius 1 is 1.42 bits per heavy atom. The average molecular weight is 305 g/mol. The Kier molecular flexibility index (Phi) is 4.96. The van der Waals surface area contributed by atoms with Crippen LogP contribution in [0.3, 0.4) is 0 Å². The van der Waals surface area contributed by atoms with Gasteiger partial charge in [0.2, 0.25) is 0 Å². The molecule has 1 saturated heterocycles.